The summed E-state index contributed by atoms with van der Waals surface area (Å²) in [7, 11) is 8.35. The first-order chi connectivity index (χ1) is 49.4. The maximum Gasteiger partial charge on any atom is 0.320 e. The van der Waals surface area contributed by atoms with Crippen LogP contribution in [0, 0.1) is 50.2 Å². The Bertz CT molecular complexity index is 2430. The Hall–Kier alpha value is -5.86. The van der Waals surface area contributed by atoms with E-state index in [0.29, 0.717) is 57.3 Å². The Morgan fingerprint density at radius 3 is 0.991 bits per heavy atom. The Labute approximate surface area is 668 Å². The zero-order valence-corrected chi connectivity index (χ0v) is 74.6. The SMILES string of the molecule is C.CC(=O)OCC(C)(C)C.CC(=O)OCC(COC(C)=O)C(C)(C)C.CC(=O)OCC(COC(C)=O)C(C)(C)C.CC(=O)OCCN(CCOC(C)=O)C(C)(C)C.CC1CC(C)OC(CC(C)(C)C)O1.COC(=O)CC(=O)OCC(COC(=O)CC(=O)OC)CC(C)(C)C.COC(OC)OC(=O)CSSCC(C)(C)C. The Balaban J connectivity index is -0.000000228. The van der Waals surface area contributed by atoms with E-state index in [1.54, 1.807) is 10.8 Å². The molecule has 0 N–H and O–H groups in total. The highest BCUT2D eigenvalue weighted by Gasteiger charge is 2.31. The molecule has 2 unspecified atom stereocenters. The number of nitrogens with zero attached hydrogens (tertiary/aromatic N) is 1. The second-order valence-electron chi connectivity index (χ2n) is 33.7. The van der Waals surface area contributed by atoms with Gasteiger partial charge in [0.15, 0.2) is 6.29 Å². The summed E-state index contributed by atoms with van der Waals surface area (Å²) in [5, 5.41) is 0. The molecule has 0 saturated carbocycles. The van der Waals surface area contributed by atoms with Gasteiger partial charge in [-0.15, -0.1) is 0 Å². The molecule has 0 aromatic heterocycles. The topological polar surface area (TPSA) is 356 Å². The standard InChI is InChI=1S/C16H26O8.C12H23NO4.2C11H20O4.C11H22O2.C10H20O4S2.C7H14O2.CH4/c1-16(2,3)8-11(9-23-14(19)6-12(17)21-4)10-24-15(20)7-13(18)22-5;1-10(14)16-8-6-13(12(3,4)5)7-9-17-11(2)15;2*1-8(12)14-6-10(11(3,4)5)7-15-9(2)13;1-8-6-9(2)13-10(12-8)7-11(3,4)5;1-10(2,3)7-16-15-6-8(11)14-9(12-4)13-5;1-6(8)9-5-7(2,3)4;/h11H,6-10H2,1-5H3;6-9H2,1-5H3;2*10H,6-7H2,1-5H3;8-10H,6-7H2,1-5H3;9H,6-7H2,1-5H3;5H2,1-4H3;1H4. The van der Waals surface area contributed by atoms with Gasteiger partial charge >= 0.3 is 78.1 Å². The summed E-state index contributed by atoms with van der Waals surface area (Å²) in [5.41, 5.74) is 0.362. The minimum Gasteiger partial charge on any atom is -0.469 e. The van der Waals surface area contributed by atoms with Crippen molar-refractivity contribution in [3.8, 4) is 0 Å². The number of hydrogen-bond donors (Lipinski definition) is 0. The molecule has 1 fully saturated rings. The number of rotatable bonds is 32. The fourth-order valence-corrected chi connectivity index (χ4v) is 10.5. The van der Waals surface area contributed by atoms with Crippen molar-refractivity contribution >= 4 is 93.2 Å². The highest BCUT2D eigenvalue weighted by molar-refractivity contribution is 8.76. The second-order valence-corrected chi connectivity index (χ2v) is 36.1. The molecule has 1 aliphatic rings. The van der Waals surface area contributed by atoms with E-state index < -0.39 is 43.2 Å². The molecule has 1 heterocycles. The third-order valence-electron chi connectivity index (χ3n) is 13.9. The van der Waals surface area contributed by atoms with Crippen LogP contribution in [-0.4, -0.2) is 220 Å². The lowest BCUT2D eigenvalue weighted by molar-refractivity contribution is -0.253. The van der Waals surface area contributed by atoms with Crippen LogP contribution in [0.1, 0.15) is 247 Å². The van der Waals surface area contributed by atoms with Gasteiger partial charge in [-0.05, 0) is 80.0 Å². The largest absolute Gasteiger partial charge is 0.469 e. The molecule has 31 heteroatoms. The van der Waals surface area contributed by atoms with Crippen molar-refractivity contribution < 1.29 is 133 Å². The number of ether oxygens (including phenoxy) is 16. The van der Waals surface area contributed by atoms with Crippen LogP contribution in [0.2, 0.25) is 0 Å². The van der Waals surface area contributed by atoms with E-state index in [9.17, 15) is 57.5 Å². The lowest BCUT2D eigenvalue weighted by Gasteiger charge is -2.35. The summed E-state index contributed by atoms with van der Waals surface area (Å²) in [6.07, 6.45) is 2.35. The van der Waals surface area contributed by atoms with Crippen LogP contribution >= 0.6 is 21.6 Å². The first-order valence-corrected chi connectivity index (χ1v) is 38.9. The maximum atomic E-state index is 11.5. The third kappa shape index (κ3) is 86.1. The molecular weight excluding hydrogens is 1470 g/mol. The molecule has 1 rings (SSSR count). The first-order valence-electron chi connectivity index (χ1n) is 36.4. The third-order valence-corrected chi connectivity index (χ3v) is 16.6. The normalized spacial score (nSPS) is 14.2. The molecule has 110 heavy (non-hydrogen) atoms. The number of methoxy groups -OCH3 is 4. The molecule has 0 spiro atoms. The molecule has 2 atom stereocenters. The number of carbonyl (C=O) groups excluding carboxylic acids is 12. The van der Waals surface area contributed by atoms with E-state index in [4.69, 9.17) is 66.3 Å². The molecule has 29 nitrogen and oxygen atoms in total. The predicted molar refractivity (Wildman–Crippen MR) is 424 cm³/mol. The summed E-state index contributed by atoms with van der Waals surface area (Å²) in [6, 6.07) is 0. The minimum atomic E-state index is -0.902. The monoisotopic (exact) mass is 1620 g/mol. The fourth-order valence-electron chi connectivity index (χ4n) is 7.97. The molecule has 0 amide bonds. The Kier molecular flexibility index (Phi) is 65.8. The van der Waals surface area contributed by atoms with Gasteiger partial charge in [0, 0.05) is 111 Å². The molecule has 0 radical (unpaired) electrons. The minimum absolute atomic E-state index is 0. The predicted octanol–water partition coefficient (Wildman–Crippen LogP) is 13.7. The molecule has 0 aromatic rings. The smallest absolute Gasteiger partial charge is 0.320 e. The van der Waals surface area contributed by atoms with E-state index in [0.717, 1.165) is 18.6 Å². The number of carbonyl (C=O) groups is 12. The van der Waals surface area contributed by atoms with Crippen LogP contribution in [0.25, 0.3) is 0 Å². The van der Waals surface area contributed by atoms with Gasteiger partial charge in [0.2, 0.25) is 0 Å². The second kappa shape index (κ2) is 61.6. The molecule has 650 valence electrons. The van der Waals surface area contributed by atoms with Crippen LogP contribution < -0.4 is 0 Å². The van der Waals surface area contributed by atoms with Crippen molar-refractivity contribution in [1.29, 1.82) is 0 Å². The summed E-state index contributed by atoms with van der Waals surface area (Å²) in [6.45, 7) is 60.1. The van der Waals surface area contributed by atoms with Crippen molar-refractivity contribution in [2.24, 2.45) is 50.2 Å². The van der Waals surface area contributed by atoms with Gasteiger partial charge in [-0.25, -0.2) is 0 Å². The van der Waals surface area contributed by atoms with Gasteiger partial charge in [0.05, 0.1) is 72.7 Å². The van der Waals surface area contributed by atoms with Crippen molar-refractivity contribution in [1.82, 2.24) is 4.90 Å². The quantitative estimate of drug-likeness (QED) is 0.0151. The fraction of sp³-hybridized carbons (Fsp3) is 0.848. The Morgan fingerprint density at radius 1 is 0.409 bits per heavy atom. The van der Waals surface area contributed by atoms with Crippen LogP contribution in [0.3, 0.4) is 0 Å². The summed E-state index contributed by atoms with van der Waals surface area (Å²) >= 11 is 0. The average Bonchev–Trinajstić information content (AvgIpc) is 0.864. The van der Waals surface area contributed by atoms with Crippen molar-refractivity contribution in [2.75, 3.05) is 112 Å². The summed E-state index contributed by atoms with van der Waals surface area (Å²) in [4.78, 5) is 133. The molecule has 0 bridgehead atoms. The lowest BCUT2D eigenvalue weighted by atomic mass is 9.82. The summed E-state index contributed by atoms with van der Waals surface area (Å²) < 4.78 is 78.9. The maximum absolute atomic E-state index is 11.5. The summed E-state index contributed by atoms with van der Waals surface area (Å²) in [5.74, 6) is -4.06. The van der Waals surface area contributed by atoms with Crippen LogP contribution in [0.4, 0.5) is 0 Å². The molecular formula is C79H149NO28S2. The van der Waals surface area contributed by atoms with E-state index in [2.05, 4.69) is 90.5 Å². The van der Waals surface area contributed by atoms with E-state index >= 15 is 0 Å². The molecule has 0 aromatic carbocycles. The van der Waals surface area contributed by atoms with Crippen LogP contribution in [0.15, 0.2) is 0 Å². The lowest BCUT2D eigenvalue weighted by Crippen LogP contribution is -2.45. The zero-order valence-electron chi connectivity index (χ0n) is 73.0. The van der Waals surface area contributed by atoms with Crippen molar-refractivity contribution in [3.63, 3.8) is 0 Å². The van der Waals surface area contributed by atoms with Crippen molar-refractivity contribution in [2.45, 2.75) is 278 Å². The average molecular weight is 1630 g/mol. The molecule has 0 aliphatic carbocycles. The van der Waals surface area contributed by atoms with Gasteiger partial charge in [0.25, 0.3) is 0 Å². The van der Waals surface area contributed by atoms with Gasteiger partial charge in [0.1, 0.15) is 31.8 Å². The highest BCUT2D eigenvalue weighted by atomic mass is 33.1. The first kappa shape index (κ1) is 117. The highest BCUT2D eigenvalue weighted by Crippen LogP contribution is 2.32. The van der Waals surface area contributed by atoms with E-state index in [1.165, 1.54) is 87.7 Å². The van der Waals surface area contributed by atoms with Crippen molar-refractivity contribution in [3.05, 3.63) is 0 Å². The Morgan fingerprint density at radius 2 is 0.745 bits per heavy atom. The molecule has 1 saturated heterocycles. The van der Waals surface area contributed by atoms with E-state index in [1.807, 2.05) is 83.1 Å². The van der Waals surface area contributed by atoms with Gasteiger partial charge in [-0.1, -0.05) is 154 Å². The number of esters is 12. The van der Waals surface area contributed by atoms with Gasteiger partial charge in [-0.3, -0.25) is 62.4 Å². The van der Waals surface area contributed by atoms with Crippen LogP contribution in [0.5, 0.6) is 0 Å². The number of hydrogen-bond acceptors (Lipinski definition) is 31. The molecule has 1 aliphatic heterocycles. The zero-order chi connectivity index (χ0) is 86.5. The van der Waals surface area contributed by atoms with E-state index in [-0.39, 0.29) is 157 Å². The van der Waals surface area contributed by atoms with Crippen LogP contribution in [-0.2, 0) is 133 Å². The van der Waals surface area contributed by atoms with Gasteiger partial charge < -0.3 is 75.8 Å². The van der Waals surface area contributed by atoms with Gasteiger partial charge in [-0.2, -0.15) is 0 Å².